The van der Waals surface area contributed by atoms with Crippen LogP contribution in [-0.2, 0) is 4.74 Å². The summed E-state index contributed by atoms with van der Waals surface area (Å²) in [6, 6.07) is 1.33. The third-order valence-corrected chi connectivity index (χ3v) is 3.37. The van der Waals surface area contributed by atoms with E-state index in [-0.39, 0.29) is 0 Å². The lowest BCUT2D eigenvalue weighted by atomic mass is 9.97. The molecule has 1 N–H and O–H groups in total. The number of methoxy groups -OCH3 is 1. The number of nitrogens with one attached hydrogen (secondary N) is 1. The van der Waals surface area contributed by atoms with E-state index in [1.54, 1.807) is 7.11 Å². The molecule has 0 amide bonds. The third-order valence-electron chi connectivity index (χ3n) is 3.37. The number of piperidine rings is 1. The van der Waals surface area contributed by atoms with Gasteiger partial charge in [0.05, 0.1) is 6.61 Å². The fourth-order valence-electron chi connectivity index (χ4n) is 2.56. The van der Waals surface area contributed by atoms with Crippen molar-refractivity contribution < 1.29 is 4.74 Å². The van der Waals surface area contributed by atoms with Crippen LogP contribution in [0.25, 0.3) is 0 Å². The smallest absolute Gasteiger partial charge is 0.0615 e. The van der Waals surface area contributed by atoms with Gasteiger partial charge in [0.2, 0.25) is 0 Å². The van der Waals surface area contributed by atoms with E-state index < -0.39 is 0 Å². The van der Waals surface area contributed by atoms with E-state index in [9.17, 15) is 0 Å². The number of rotatable bonds is 6. The van der Waals surface area contributed by atoms with Crippen LogP contribution in [0.5, 0.6) is 0 Å². The Bertz CT molecular complexity index is 164. The summed E-state index contributed by atoms with van der Waals surface area (Å²) >= 11 is 0. The highest BCUT2D eigenvalue weighted by Crippen LogP contribution is 2.21. The Morgan fingerprint density at radius 3 is 2.93 bits per heavy atom. The van der Waals surface area contributed by atoms with Crippen LogP contribution < -0.4 is 5.32 Å². The number of likely N-dealkylation sites (tertiary alicyclic amines) is 1. The van der Waals surface area contributed by atoms with Gasteiger partial charge in [0.25, 0.3) is 0 Å². The van der Waals surface area contributed by atoms with Crippen molar-refractivity contribution in [2.45, 2.75) is 44.7 Å². The predicted molar refractivity (Wildman–Crippen MR) is 64.2 cm³/mol. The second-order valence-corrected chi connectivity index (χ2v) is 4.58. The highest BCUT2D eigenvalue weighted by atomic mass is 16.5. The molecule has 0 aromatic carbocycles. The molecule has 0 aromatic rings. The molecule has 0 bridgehead atoms. The average Bonchev–Trinajstić information content (AvgIpc) is 2.27. The zero-order valence-electron chi connectivity index (χ0n) is 10.5. The first-order valence-electron chi connectivity index (χ1n) is 6.19. The molecule has 2 unspecified atom stereocenters. The van der Waals surface area contributed by atoms with Crippen molar-refractivity contribution in [2.24, 2.45) is 0 Å². The van der Waals surface area contributed by atoms with Gasteiger partial charge in [-0.3, -0.25) is 4.90 Å². The Morgan fingerprint density at radius 2 is 2.27 bits per heavy atom. The predicted octanol–water partition coefficient (Wildman–Crippen LogP) is 1.49. The van der Waals surface area contributed by atoms with Gasteiger partial charge in [-0.2, -0.15) is 0 Å². The molecule has 0 spiro atoms. The normalized spacial score (nSPS) is 25.4. The van der Waals surface area contributed by atoms with Crippen LogP contribution in [0.4, 0.5) is 0 Å². The molecule has 15 heavy (non-hydrogen) atoms. The van der Waals surface area contributed by atoms with Crippen molar-refractivity contribution in [2.75, 3.05) is 33.9 Å². The van der Waals surface area contributed by atoms with E-state index in [1.807, 2.05) is 7.05 Å². The maximum absolute atomic E-state index is 5.25. The van der Waals surface area contributed by atoms with Gasteiger partial charge in [0, 0.05) is 19.2 Å². The minimum atomic E-state index is 0.567. The molecular formula is C12H26N2O. The summed E-state index contributed by atoms with van der Waals surface area (Å²) < 4.78 is 5.25. The molecule has 1 heterocycles. The van der Waals surface area contributed by atoms with Crippen molar-refractivity contribution in [1.82, 2.24) is 10.2 Å². The summed E-state index contributed by atoms with van der Waals surface area (Å²) in [5, 5.41) is 3.25. The second kappa shape index (κ2) is 7.20. The summed E-state index contributed by atoms with van der Waals surface area (Å²) in [5.41, 5.74) is 0. The number of nitrogens with zero attached hydrogens (tertiary/aromatic N) is 1. The van der Waals surface area contributed by atoms with Gasteiger partial charge >= 0.3 is 0 Å². The molecule has 1 aliphatic rings. The maximum Gasteiger partial charge on any atom is 0.0615 e. The first-order chi connectivity index (χ1) is 7.29. The van der Waals surface area contributed by atoms with Crippen LogP contribution in [0.3, 0.4) is 0 Å². The molecule has 3 heteroatoms. The number of hydrogen-bond donors (Lipinski definition) is 1. The lowest BCUT2D eigenvalue weighted by molar-refractivity contribution is 0.0459. The lowest BCUT2D eigenvalue weighted by Crippen LogP contribution is -2.47. The van der Waals surface area contributed by atoms with E-state index in [0.29, 0.717) is 6.04 Å². The van der Waals surface area contributed by atoms with Gasteiger partial charge in [-0.05, 0) is 46.3 Å². The summed E-state index contributed by atoms with van der Waals surface area (Å²) in [5.74, 6) is 0. The van der Waals surface area contributed by atoms with Gasteiger partial charge in [-0.15, -0.1) is 0 Å². The van der Waals surface area contributed by atoms with E-state index >= 15 is 0 Å². The number of ether oxygens (including phenoxy) is 1. The summed E-state index contributed by atoms with van der Waals surface area (Å²) in [7, 11) is 3.83. The Labute approximate surface area is 94.2 Å². The Hall–Kier alpha value is -0.120. The molecule has 1 saturated heterocycles. The van der Waals surface area contributed by atoms with Crippen molar-refractivity contribution in [3.05, 3.63) is 0 Å². The molecule has 1 fully saturated rings. The van der Waals surface area contributed by atoms with Gasteiger partial charge in [0.15, 0.2) is 0 Å². The molecule has 2 atom stereocenters. The van der Waals surface area contributed by atoms with Crippen LogP contribution in [0, 0.1) is 0 Å². The highest BCUT2D eigenvalue weighted by molar-refractivity contribution is 4.81. The number of hydrogen-bond acceptors (Lipinski definition) is 3. The monoisotopic (exact) mass is 214 g/mol. The zero-order valence-corrected chi connectivity index (χ0v) is 10.5. The highest BCUT2D eigenvalue weighted by Gasteiger charge is 2.25. The van der Waals surface area contributed by atoms with Gasteiger partial charge in [-0.25, -0.2) is 0 Å². The van der Waals surface area contributed by atoms with Gasteiger partial charge in [0.1, 0.15) is 0 Å². The first-order valence-corrected chi connectivity index (χ1v) is 6.19. The first kappa shape index (κ1) is 12.9. The van der Waals surface area contributed by atoms with Crippen LogP contribution in [0.15, 0.2) is 0 Å². The Balaban J connectivity index is 2.41. The molecule has 0 radical (unpaired) electrons. The van der Waals surface area contributed by atoms with E-state index in [4.69, 9.17) is 4.74 Å². The molecule has 90 valence electrons. The van der Waals surface area contributed by atoms with Crippen molar-refractivity contribution in [1.29, 1.82) is 0 Å². The molecule has 1 aliphatic heterocycles. The Kier molecular flexibility index (Phi) is 6.22. The van der Waals surface area contributed by atoms with Gasteiger partial charge < -0.3 is 10.1 Å². The van der Waals surface area contributed by atoms with Crippen LogP contribution in [0.2, 0.25) is 0 Å². The summed E-state index contributed by atoms with van der Waals surface area (Å²) in [4.78, 5) is 2.63. The molecule has 0 aliphatic carbocycles. The zero-order chi connectivity index (χ0) is 11.1. The minimum absolute atomic E-state index is 0.567. The summed E-state index contributed by atoms with van der Waals surface area (Å²) in [6.07, 6.45) is 5.37. The molecule has 0 saturated carbocycles. The maximum atomic E-state index is 5.25. The second-order valence-electron chi connectivity index (χ2n) is 4.58. The van der Waals surface area contributed by atoms with E-state index in [1.165, 1.54) is 32.2 Å². The lowest BCUT2D eigenvalue weighted by Gasteiger charge is -2.39. The van der Waals surface area contributed by atoms with Crippen LogP contribution in [0.1, 0.15) is 32.6 Å². The van der Waals surface area contributed by atoms with Crippen LogP contribution >= 0.6 is 0 Å². The standard InChI is InChI=1S/C12H26N2O/c1-11(10-15-3)14-9-5-4-6-12(14)7-8-13-2/h11-13H,4-10H2,1-3H3. The Morgan fingerprint density at radius 1 is 1.47 bits per heavy atom. The third kappa shape index (κ3) is 4.09. The minimum Gasteiger partial charge on any atom is -0.383 e. The van der Waals surface area contributed by atoms with Crippen LogP contribution in [-0.4, -0.2) is 50.8 Å². The largest absolute Gasteiger partial charge is 0.383 e. The SMILES string of the molecule is CNCCC1CCCCN1C(C)COC. The van der Waals surface area contributed by atoms with E-state index in [2.05, 4.69) is 17.1 Å². The summed E-state index contributed by atoms with van der Waals surface area (Å²) in [6.45, 7) is 5.51. The fourth-order valence-corrected chi connectivity index (χ4v) is 2.56. The fraction of sp³-hybridized carbons (Fsp3) is 1.00. The molecule has 3 nitrogen and oxygen atoms in total. The molecule has 0 aromatic heterocycles. The van der Waals surface area contributed by atoms with Crippen molar-refractivity contribution in [3.8, 4) is 0 Å². The van der Waals surface area contributed by atoms with Gasteiger partial charge in [-0.1, -0.05) is 6.42 Å². The van der Waals surface area contributed by atoms with Crippen molar-refractivity contribution >= 4 is 0 Å². The van der Waals surface area contributed by atoms with E-state index in [0.717, 1.165) is 19.2 Å². The topological polar surface area (TPSA) is 24.5 Å². The average molecular weight is 214 g/mol. The molecular weight excluding hydrogens is 188 g/mol. The quantitative estimate of drug-likeness (QED) is 0.725. The van der Waals surface area contributed by atoms with Crippen molar-refractivity contribution in [3.63, 3.8) is 0 Å². The molecule has 1 rings (SSSR count).